The molecule has 0 heterocycles. The maximum absolute atomic E-state index is 14.9. The number of hydrogen-bond acceptors (Lipinski definition) is 2. The normalized spacial score (nSPS) is 19.7. The van der Waals surface area contributed by atoms with Gasteiger partial charge in [0.05, 0.1) is 0 Å². The zero-order chi connectivity index (χ0) is 26.2. The van der Waals surface area contributed by atoms with Gasteiger partial charge >= 0.3 is 232 Å². The summed E-state index contributed by atoms with van der Waals surface area (Å²) in [6.45, 7) is 0. The first-order valence-corrected chi connectivity index (χ1v) is 19.0. The van der Waals surface area contributed by atoms with E-state index in [0.717, 1.165) is 29.5 Å². The monoisotopic (exact) mass is 538 g/mol. The van der Waals surface area contributed by atoms with E-state index >= 15 is 0 Å². The summed E-state index contributed by atoms with van der Waals surface area (Å²) in [6, 6.07) is 30.7. The van der Waals surface area contributed by atoms with Gasteiger partial charge < -0.3 is 0 Å². The molecule has 1 atom stereocenters. The van der Waals surface area contributed by atoms with Crippen LogP contribution in [0, 0.1) is 0 Å². The second-order valence-corrected chi connectivity index (χ2v) is 18.2. The van der Waals surface area contributed by atoms with Gasteiger partial charge in [-0.15, -0.1) is 0 Å². The second kappa shape index (κ2) is 10.5. The Balaban J connectivity index is 1.43. The van der Waals surface area contributed by atoms with Gasteiger partial charge in [0.25, 0.3) is 0 Å². The molecule has 0 saturated carbocycles. The van der Waals surface area contributed by atoms with Gasteiger partial charge in [-0.2, -0.15) is 0 Å². The number of benzene rings is 3. The van der Waals surface area contributed by atoms with Gasteiger partial charge in [0.1, 0.15) is 0 Å². The molecular weight excluding hydrogens is 500 g/mol. The Morgan fingerprint density at radius 3 is 1.76 bits per heavy atom. The molecule has 38 heavy (non-hydrogen) atoms. The van der Waals surface area contributed by atoms with Crippen LogP contribution in [-0.2, 0) is 30.5 Å². The molecule has 1 unspecified atom stereocenters. The third-order valence-corrected chi connectivity index (χ3v) is 13.9. The van der Waals surface area contributed by atoms with Crippen LogP contribution in [0.3, 0.4) is 0 Å². The second-order valence-electron chi connectivity index (χ2n) is 11.8. The Bertz CT molecular complexity index is 1270. The van der Waals surface area contributed by atoms with Gasteiger partial charge in [0.15, 0.2) is 0 Å². The van der Waals surface area contributed by atoms with Crippen LogP contribution in [0.4, 0.5) is 0 Å². The van der Waals surface area contributed by atoms with Gasteiger partial charge in [-0.05, 0) is 0 Å². The molecule has 0 aromatic heterocycles. The van der Waals surface area contributed by atoms with Crippen LogP contribution in [0.1, 0.15) is 68.1 Å². The van der Waals surface area contributed by atoms with Crippen LogP contribution in [0.2, 0.25) is 14.7 Å². The van der Waals surface area contributed by atoms with E-state index in [1.165, 1.54) is 38.5 Å². The quantitative estimate of drug-likeness (QED) is 0.231. The van der Waals surface area contributed by atoms with Crippen LogP contribution in [0.5, 0.6) is 0 Å². The summed E-state index contributed by atoms with van der Waals surface area (Å²) in [5.41, 5.74) is 8.56. The van der Waals surface area contributed by atoms with Gasteiger partial charge in [0, 0.05) is 0 Å². The maximum atomic E-state index is 14.9. The molecular formula is C35H38O2Ti. The molecule has 6 rings (SSSR count). The predicted molar refractivity (Wildman–Crippen MR) is 152 cm³/mol. The fraction of sp³-hybridized carbons (Fsp3) is 0.343. The molecule has 0 fully saturated rings. The van der Waals surface area contributed by atoms with Crippen molar-refractivity contribution < 1.29 is 25.1 Å². The van der Waals surface area contributed by atoms with Crippen molar-refractivity contribution in [3.63, 3.8) is 0 Å². The average Bonchev–Trinajstić information content (AvgIpc) is 3.34. The van der Waals surface area contributed by atoms with E-state index in [1.54, 1.807) is 22.3 Å². The molecule has 0 aliphatic heterocycles. The van der Waals surface area contributed by atoms with E-state index in [-0.39, 0.29) is 5.97 Å². The summed E-state index contributed by atoms with van der Waals surface area (Å²) in [5.74, 6) is -0.116. The van der Waals surface area contributed by atoms with Gasteiger partial charge in [-0.25, -0.2) is 0 Å². The summed E-state index contributed by atoms with van der Waals surface area (Å²) < 4.78 is 7.40. The van der Waals surface area contributed by atoms with Gasteiger partial charge in [-0.3, -0.25) is 0 Å². The third-order valence-electron chi connectivity index (χ3n) is 9.20. The molecule has 0 spiro atoms. The summed E-state index contributed by atoms with van der Waals surface area (Å²) in [6.07, 6.45) is 9.92. The third kappa shape index (κ3) is 4.36. The van der Waals surface area contributed by atoms with Gasteiger partial charge in [0.2, 0.25) is 0 Å². The van der Waals surface area contributed by atoms with E-state index in [2.05, 4.69) is 46.9 Å². The fourth-order valence-electron chi connectivity index (χ4n) is 7.43. The molecule has 0 amide bonds. The molecule has 0 radical (unpaired) electrons. The Morgan fingerprint density at radius 1 is 0.711 bits per heavy atom. The first-order chi connectivity index (χ1) is 18.5. The summed E-state index contributed by atoms with van der Waals surface area (Å²) >= 11 is -3.10. The zero-order valence-electron chi connectivity index (χ0n) is 22.7. The number of hydrogen-bond donors (Lipinski definition) is 0. The molecule has 3 aliphatic carbocycles. The Morgan fingerprint density at radius 2 is 1.21 bits per heavy atom. The number of carbonyl (C=O) groups excluding carboxylic acids is 1. The Labute approximate surface area is 231 Å². The molecule has 0 bridgehead atoms. The van der Waals surface area contributed by atoms with Crippen molar-refractivity contribution in [2.24, 2.45) is 0 Å². The molecule has 2 nitrogen and oxygen atoms in total. The van der Waals surface area contributed by atoms with Crippen LogP contribution in [0.25, 0.3) is 0 Å². The minimum absolute atomic E-state index is 0.116. The van der Waals surface area contributed by atoms with Crippen LogP contribution >= 0.6 is 0 Å². The van der Waals surface area contributed by atoms with Crippen molar-refractivity contribution in [2.75, 3.05) is 0 Å². The SMILES string of the molecule is [CH3][Ti]([CH3])([O]C(=O)C(c1ccccc1)(c1ccccc1)c1ccccc1)[CH]1CCCC2=C1CC1=C2CCCC1. The number of rotatable bonds is 6. The molecule has 3 aliphatic rings. The molecule has 194 valence electrons. The van der Waals surface area contributed by atoms with Crippen molar-refractivity contribution in [3.05, 3.63) is 130 Å². The van der Waals surface area contributed by atoms with E-state index in [0.29, 0.717) is 4.22 Å². The fourth-order valence-corrected chi connectivity index (χ4v) is 11.8. The topological polar surface area (TPSA) is 26.3 Å². The molecule has 0 saturated heterocycles. The van der Waals surface area contributed by atoms with Gasteiger partial charge in [-0.1, -0.05) is 0 Å². The predicted octanol–water partition coefficient (Wildman–Crippen LogP) is 9.27. The van der Waals surface area contributed by atoms with Crippen molar-refractivity contribution in [1.82, 2.24) is 0 Å². The van der Waals surface area contributed by atoms with Crippen molar-refractivity contribution >= 4 is 5.97 Å². The van der Waals surface area contributed by atoms with Crippen molar-refractivity contribution in [3.8, 4) is 0 Å². The van der Waals surface area contributed by atoms with E-state index in [4.69, 9.17) is 3.32 Å². The van der Waals surface area contributed by atoms with Crippen LogP contribution < -0.4 is 0 Å². The zero-order valence-corrected chi connectivity index (χ0v) is 24.3. The number of allylic oxidation sites excluding steroid dienone is 4. The van der Waals surface area contributed by atoms with E-state index in [9.17, 15) is 4.79 Å². The first-order valence-electron chi connectivity index (χ1n) is 14.3. The summed E-state index contributed by atoms with van der Waals surface area (Å²) in [5, 5.41) is 4.67. The molecule has 3 aromatic rings. The first kappa shape index (κ1) is 25.6. The number of fused-ring (bicyclic) bond motifs is 1. The van der Waals surface area contributed by atoms with Crippen molar-refractivity contribution in [2.45, 2.75) is 71.5 Å². The minimum atomic E-state index is -3.10. The van der Waals surface area contributed by atoms with E-state index in [1.807, 2.05) is 54.6 Å². The van der Waals surface area contributed by atoms with Crippen LogP contribution in [0.15, 0.2) is 113 Å². The Kier molecular flexibility index (Phi) is 7.06. The van der Waals surface area contributed by atoms with E-state index < -0.39 is 22.4 Å². The summed E-state index contributed by atoms with van der Waals surface area (Å²) in [4.78, 5) is 14.9. The Hall–Kier alpha value is -2.68. The molecule has 3 heteroatoms. The average molecular weight is 539 g/mol. The standard InChI is InChI=1S/C20H16O2.C13H17.2CH3.Ti/c21-19(22)20(16-10-4-1-5-11-16,17-12-6-2-7-13-17)18-14-8-3-9-15-18;1-3-7-12-10(5-1)9-11-6-2-4-8-13(11)12;;;/h1-15H,(H,21,22);5H,1-4,6-9H2;2*1H3;/q;;;;+1/p-1. The van der Waals surface area contributed by atoms with Crippen molar-refractivity contribution in [1.29, 1.82) is 0 Å². The van der Waals surface area contributed by atoms with Crippen LogP contribution in [-0.4, -0.2) is 5.97 Å². The molecule has 0 N–H and O–H groups in total. The number of carbonyl (C=O) groups is 1. The molecule has 3 aromatic carbocycles. The summed E-state index contributed by atoms with van der Waals surface area (Å²) in [7, 11) is 0.